The number of carbonyl (C=O) groups excluding carboxylic acids is 1. The summed E-state index contributed by atoms with van der Waals surface area (Å²) < 4.78 is 5.46. The highest BCUT2D eigenvalue weighted by Crippen LogP contribution is 2.26. The van der Waals surface area contributed by atoms with E-state index in [0.29, 0.717) is 11.7 Å². The summed E-state index contributed by atoms with van der Waals surface area (Å²) in [5, 5.41) is 6.08. The molecule has 7 heteroatoms. The number of aromatic nitrogens is 2. The summed E-state index contributed by atoms with van der Waals surface area (Å²) in [6.07, 6.45) is 0. The second-order valence-electron chi connectivity index (χ2n) is 7.19. The van der Waals surface area contributed by atoms with Crippen molar-refractivity contribution in [3.63, 3.8) is 0 Å². The normalized spacial score (nSPS) is 17.9. The van der Waals surface area contributed by atoms with Gasteiger partial charge in [0.05, 0.1) is 10.9 Å². The molecule has 1 unspecified atom stereocenters. The van der Waals surface area contributed by atoms with Crippen LogP contribution in [0.2, 0.25) is 0 Å². The third-order valence-corrected chi connectivity index (χ3v) is 5.20. The number of amides is 1. The Bertz CT molecular complexity index is 682. The fraction of sp³-hybridized carbons (Fsp3) is 0.588. The van der Waals surface area contributed by atoms with Gasteiger partial charge in [-0.3, -0.25) is 9.69 Å². The Morgan fingerprint density at radius 2 is 2.00 bits per heavy atom. The van der Waals surface area contributed by atoms with E-state index in [9.17, 15) is 4.79 Å². The number of hydrogen-bond acceptors (Lipinski definition) is 6. The van der Waals surface area contributed by atoms with E-state index in [0.717, 1.165) is 31.1 Å². The number of thiophene rings is 1. The Morgan fingerprint density at radius 1 is 1.29 bits per heavy atom. The summed E-state index contributed by atoms with van der Waals surface area (Å²) in [5.74, 6) is 1.50. The van der Waals surface area contributed by atoms with Crippen LogP contribution in [0.3, 0.4) is 0 Å². The van der Waals surface area contributed by atoms with Crippen molar-refractivity contribution in [2.24, 2.45) is 5.41 Å². The Labute approximate surface area is 146 Å². The van der Waals surface area contributed by atoms with Gasteiger partial charge in [0, 0.05) is 31.6 Å². The lowest BCUT2D eigenvalue weighted by Gasteiger charge is -2.39. The van der Waals surface area contributed by atoms with Crippen molar-refractivity contribution in [1.82, 2.24) is 19.9 Å². The number of rotatable bonds is 3. The van der Waals surface area contributed by atoms with E-state index in [4.69, 9.17) is 4.52 Å². The van der Waals surface area contributed by atoms with E-state index in [1.165, 1.54) is 0 Å². The molecule has 1 aliphatic heterocycles. The summed E-state index contributed by atoms with van der Waals surface area (Å²) in [7, 11) is 0. The summed E-state index contributed by atoms with van der Waals surface area (Å²) in [5.41, 5.74) is -0.324. The van der Waals surface area contributed by atoms with Crippen molar-refractivity contribution in [1.29, 1.82) is 0 Å². The highest BCUT2D eigenvalue weighted by atomic mass is 32.1. The topological polar surface area (TPSA) is 62.5 Å². The molecular formula is C17H24N4O2S. The third kappa shape index (κ3) is 3.52. The van der Waals surface area contributed by atoms with Crippen LogP contribution in [-0.2, 0) is 4.79 Å². The van der Waals surface area contributed by atoms with Crippen molar-refractivity contribution < 1.29 is 9.32 Å². The van der Waals surface area contributed by atoms with Gasteiger partial charge < -0.3 is 9.42 Å². The molecule has 1 atom stereocenters. The van der Waals surface area contributed by atoms with Crippen molar-refractivity contribution in [2.75, 3.05) is 26.2 Å². The van der Waals surface area contributed by atoms with Gasteiger partial charge in [-0.1, -0.05) is 32.0 Å². The van der Waals surface area contributed by atoms with Gasteiger partial charge in [-0.05, 0) is 18.4 Å². The largest absolute Gasteiger partial charge is 0.340 e. The van der Waals surface area contributed by atoms with Crippen LogP contribution in [0.25, 0.3) is 10.7 Å². The number of carbonyl (C=O) groups is 1. The standard InChI is InChI=1S/C17H24N4O2S/c1-12(15-18-14(19-23-15)13-6-5-11-24-13)20-7-9-21(10-8-20)16(22)17(2,3)4/h5-6,11-12H,7-10H2,1-4H3. The van der Waals surface area contributed by atoms with Crippen molar-refractivity contribution in [3.05, 3.63) is 23.4 Å². The molecule has 1 fully saturated rings. The van der Waals surface area contributed by atoms with Crippen LogP contribution in [-0.4, -0.2) is 52.0 Å². The minimum atomic E-state index is -0.324. The summed E-state index contributed by atoms with van der Waals surface area (Å²) >= 11 is 1.60. The molecule has 1 amide bonds. The molecule has 3 heterocycles. The SMILES string of the molecule is CC(c1nc(-c2cccs2)no1)N1CCN(C(=O)C(C)(C)C)CC1. The maximum Gasteiger partial charge on any atom is 0.244 e. The van der Waals surface area contributed by atoms with Crippen molar-refractivity contribution in [3.8, 4) is 10.7 Å². The van der Waals surface area contributed by atoms with Crippen LogP contribution in [0.5, 0.6) is 0 Å². The smallest absolute Gasteiger partial charge is 0.244 e. The zero-order valence-electron chi connectivity index (χ0n) is 14.7. The van der Waals surface area contributed by atoms with Crippen LogP contribution in [0.4, 0.5) is 0 Å². The molecule has 0 radical (unpaired) electrons. The molecule has 2 aromatic heterocycles. The van der Waals surface area contributed by atoms with Gasteiger partial charge >= 0.3 is 0 Å². The van der Waals surface area contributed by atoms with Gasteiger partial charge in [0.2, 0.25) is 17.6 Å². The van der Waals surface area contributed by atoms with Crippen LogP contribution >= 0.6 is 11.3 Å². The van der Waals surface area contributed by atoms with E-state index in [1.807, 2.05) is 43.2 Å². The number of nitrogens with zero attached hydrogens (tertiary/aromatic N) is 4. The summed E-state index contributed by atoms with van der Waals surface area (Å²) in [4.78, 5) is 22.2. The van der Waals surface area contributed by atoms with Crippen molar-refractivity contribution in [2.45, 2.75) is 33.7 Å². The quantitative estimate of drug-likeness (QED) is 0.853. The van der Waals surface area contributed by atoms with Crippen LogP contribution in [0.1, 0.15) is 39.6 Å². The maximum absolute atomic E-state index is 12.4. The lowest BCUT2D eigenvalue weighted by molar-refractivity contribution is -0.141. The fourth-order valence-electron chi connectivity index (χ4n) is 2.85. The number of hydrogen-bond donors (Lipinski definition) is 0. The second-order valence-corrected chi connectivity index (χ2v) is 8.14. The zero-order chi connectivity index (χ0) is 17.3. The first-order valence-electron chi connectivity index (χ1n) is 8.27. The molecule has 2 aromatic rings. The highest BCUT2D eigenvalue weighted by molar-refractivity contribution is 7.13. The van der Waals surface area contributed by atoms with E-state index in [-0.39, 0.29) is 17.4 Å². The minimum Gasteiger partial charge on any atom is -0.340 e. The Hall–Kier alpha value is -1.73. The average molecular weight is 348 g/mol. The molecule has 3 rings (SSSR count). The van der Waals surface area contributed by atoms with Crippen LogP contribution < -0.4 is 0 Å². The second kappa shape index (κ2) is 6.64. The van der Waals surface area contributed by atoms with Gasteiger partial charge in [0.1, 0.15) is 0 Å². The molecule has 6 nitrogen and oxygen atoms in total. The van der Waals surface area contributed by atoms with Crippen LogP contribution in [0.15, 0.2) is 22.0 Å². The first-order chi connectivity index (χ1) is 11.4. The van der Waals surface area contributed by atoms with E-state index < -0.39 is 0 Å². The molecule has 0 saturated carbocycles. The van der Waals surface area contributed by atoms with Crippen LogP contribution in [0, 0.1) is 5.41 Å². The van der Waals surface area contributed by atoms with E-state index in [2.05, 4.69) is 22.0 Å². The molecule has 0 bridgehead atoms. The molecule has 1 saturated heterocycles. The minimum absolute atomic E-state index is 0.0538. The van der Waals surface area contributed by atoms with Gasteiger partial charge in [-0.15, -0.1) is 11.3 Å². The predicted octanol–water partition coefficient (Wildman–Crippen LogP) is 3.05. The first kappa shape index (κ1) is 17.1. The third-order valence-electron chi connectivity index (χ3n) is 4.33. The van der Waals surface area contributed by atoms with Gasteiger partial charge in [-0.25, -0.2) is 0 Å². The lowest BCUT2D eigenvalue weighted by Crippen LogP contribution is -2.52. The van der Waals surface area contributed by atoms with Crippen molar-refractivity contribution >= 4 is 17.2 Å². The van der Waals surface area contributed by atoms with E-state index >= 15 is 0 Å². The van der Waals surface area contributed by atoms with Gasteiger partial charge in [0.25, 0.3) is 0 Å². The molecule has 0 N–H and O–H groups in total. The van der Waals surface area contributed by atoms with Gasteiger partial charge in [-0.2, -0.15) is 4.98 Å². The molecule has 0 spiro atoms. The molecule has 1 aliphatic rings. The molecule has 24 heavy (non-hydrogen) atoms. The molecule has 0 aromatic carbocycles. The highest BCUT2D eigenvalue weighted by Gasteiger charge is 2.32. The fourth-order valence-corrected chi connectivity index (χ4v) is 3.50. The monoisotopic (exact) mass is 348 g/mol. The Morgan fingerprint density at radius 3 is 2.58 bits per heavy atom. The molecular weight excluding hydrogens is 324 g/mol. The molecule has 0 aliphatic carbocycles. The predicted molar refractivity (Wildman–Crippen MR) is 93.6 cm³/mol. The molecule has 130 valence electrons. The maximum atomic E-state index is 12.4. The number of piperazine rings is 1. The summed E-state index contributed by atoms with van der Waals surface area (Å²) in [6, 6.07) is 4.02. The Kier molecular flexibility index (Phi) is 4.73. The Balaban J connectivity index is 1.61. The van der Waals surface area contributed by atoms with E-state index in [1.54, 1.807) is 11.3 Å². The van der Waals surface area contributed by atoms with Gasteiger partial charge in [0.15, 0.2) is 0 Å². The lowest BCUT2D eigenvalue weighted by atomic mass is 9.94. The zero-order valence-corrected chi connectivity index (χ0v) is 15.5. The first-order valence-corrected chi connectivity index (χ1v) is 9.15. The summed E-state index contributed by atoms with van der Waals surface area (Å²) in [6.45, 7) is 11.1. The average Bonchev–Trinajstić information content (AvgIpc) is 3.23.